The summed E-state index contributed by atoms with van der Waals surface area (Å²) in [6, 6.07) is 14.5. The molecule has 0 unspecified atom stereocenters. The molecule has 5 nitrogen and oxygen atoms in total. The van der Waals surface area contributed by atoms with E-state index in [4.69, 9.17) is 21.7 Å². The van der Waals surface area contributed by atoms with Gasteiger partial charge in [-0.15, -0.1) is 0 Å². The van der Waals surface area contributed by atoms with E-state index in [0.717, 1.165) is 11.4 Å². The van der Waals surface area contributed by atoms with E-state index in [0.29, 0.717) is 23.0 Å². The highest BCUT2D eigenvalue weighted by atomic mass is 32.1. The van der Waals surface area contributed by atoms with E-state index < -0.39 is 5.97 Å². The fraction of sp³-hybridized carbons (Fsp3) is 0.176. The number of carbonyl (C=O) groups excluding carboxylic acids is 1. The van der Waals surface area contributed by atoms with Crippen LogP contribution in [0.25, 0.3) is 0 Å². The Balaban J connectivity index is 2.07. The minimum Gasteiger partial charge on any atom is -0.492 e. The number of methoxy groups -OCH3 is 1. The molecule has 6 heteroatoms. The molecule has 0 fully saturated rings. The lowest BCUT2D eigenvalue weighted by Crippen LogP contribution is -2.19. The minimum absolute atomic E-state index is 0.394. The van der Waals surface area contributed by atoms with Crippen LogP contribution in [0.2, 0.25) is 0 Å². The molecule has 2 rings (SSSR count). The molecule has 0 saturated heterocycles. The summed E-state index contributed by atoms with van der Waals surface area (Å²) in [5, 5.41) is 6.52. The minimum atomic E-state index is -0.394. The molecule has 0 aliphatic carbocycles. The summed E-state index contributed by atoms with van der Waals surface area (Å²) in [5.74, 6) is 0.330. The largest absolute Gasteiger partial charge is 0.492 e. The van der Waals surface area contributed by atoms with Gasteiger partial charge in [0.05, 0.1) is 25.0 Å². The number of esters is 1. The molecule has 2 aromatic carbocycles. The van der Waals surface area contributed by atoms with Crippen molar-refractivity contribution in [2.75, 3.05) is 24.4 Å². The van der Waals surface area contributed by atoms with Gasteiger partial charge in [-0.25, -0.2) is 4.79 Å². The molecule has 0 bridgehead atoms. The third-order valence-electron chi connectivity index (χ3n) is 2.98. The summed E-state index contributed by atoms with van der Waals surface area (Å²) in [4.78, 5) is 11.5. The number of nitrogens with one attached hydrogen (secondary N) is 2. The molecule has 2 N–H and O–H groups in total. The van der Waals surface area contributed by atoms with Crippen LogP contribution in [0.4, 0.5) is 11.4 Å². The van der Waals surface area contributed by atoms with Gasteiger partial charge >= 0.3 is 5.97 Å². The maximum absolute atomic E-state index is 11.5. The van der Waals surface area contributed by atoms with Gasteiger partial charge in [-0.2, -0.15) is 0 Å². The molecular weight excluding hydrogens is 312 g/mol. The van der Waals surface area contributed by atoms with Gasteiger partial charge in [-0.3, -0.25) is 0 Å². The van der Waals surface area contributed by atoms with Crippen molar-refractivity contribution in [2.45, 2.75) is 6.92 Å². The van der Waals surface area contributed by atoms with Gasteiger partial charge in [0.25, 0.3) is 0 Å². The first-order chi connectivity index (χ1) is 11.1. The van der Waals surface area contributed by atoms with Gasteiger partial charge in [0.2, 0.25) is 0 Å². The third-order valence-corrected chi connectivity index (χ3v) is 3.18. The number of hydrogen-bond donors (Lipinski definition) is 2. The molecule has 120 valence electrons. The van der Waals surface area contributed by atoms with Gasteiger partial charge in [-0.1, -0.05) is 18.2 Å². The Morgan fingerprint density at radius 1 is 1.13 bits per heavy atom. The molecule has 0 spiro atoms. The van der Waals surface area contributed by atoms with Gasteiger partial charge < -0.3 is 20.1 Å². The molecule has 0 aliphatic heterocycles. The molecule has 0 amide bonds. The fourth-order valence-corrected chi connectivity index (χ4v) is 2.21. The molecule has 2 aromatic rings. The van der Waals surface area contributed by atoms with Crippen molar-refractivity contribution in [3.63, 3.8) is 0 Å². The zero-order chi connectivity index (χ0) is 16.7. The van der Waals surface area contributed by atoms with Crippen molar-refractivity contribution in [1.29, 1.82) is 0 Å². The van der Waals surface area contributed by atoms with Gasteiger partial charge in [-0.05, 0) is 49.5 Å². The molecular formula is C17H18N2O3S. The zero-order valence-corrected chi connectivity index (χ0v) is 13.8. The second-order valence-corrected chi connectivity index (χ2v) is 4.99. The van der Waals surface area contributed by atoms with Crippen molar-refractivity contribution >= 4 is 34.7 Å². The van der Waals surface area contributed by atoms with Gasteiger partial charge in [0, 0.05) is 5.69 Å². The number of para-hydroxylation sites is 2. The Hall–Kier alpha value is -2.60. The van der Waals surface area contributed by atoms with Crippen LogP contribution in [0.5, 0.6) is 5.75 Å². The van der Waals surface area contributed by atoms with Crippen LogP contribution in [0.3, 0.4) is 0 Å². The summed E-state index contributed by atoms with van der Waals surface area (Å²) in [6.07, 6.45) is 0. The van der Waals surface area contributed by atoms with E-state index in [2.05, 4.69) is 10.6 Å². The molecule has 0 aliphatic rings. The van der Waals surface area contributed by atoms with Crippen LogP contribution < -0.4 is 15.4 Å². The second-order valence-electron chi connectivity index (χ2n) is 4.58. The molecule has 0 radical (unpaired) electrons. The normalized spacial score (nSPS) is 9.83. The van der Waals surface area contributed by atoms with E-state index in [1.165, 1.54) is 7.11 Å². The van der Waals surface area contributed by atoms with Crippen LogP contribution in [-0.2, 0) is 4.74 Å². The predicted molar refractivity (Wildman–Crippen MR) is 95.2 cm³/mol. The Bertz CT molecular complexity index is 704. The number of thiocarbonyl (C=S) groups is 1. The predicted octanol–water partition coefficient (Wildman–Crippen LogP) is 3.68. The molecule has 0 aromatic heterocycles. The lowest BCUT2D eigenvalue weighted by molar-refractivity contribution is 0.0601. The van der Waals surface area contributed by atoms with Crippen molar-refractivity contribution in [3.05, 3.63) is 54.1 Å². The number of benzene rings is 2. The molecule has 0 heterocycles. The third kappa shape index (κ3) is 4.69. The van der Waals surface area contributed by atoms with Crippen LogP contribution in [0.15, 0.2) is 48.5 Å². The SMILES string of the molecule is CCOc1ccccc1NC(=S)Nc1cccc(C(=O)OC)c1. The van der Waals surface area contributed by atoms with E-state index in [9.17, 15) is 4.79 Å². The Morgan fingerprint density at radius 3 is 2.65 bits per heavy atom. The Labute approximate surface area is 140 Å². The topological polar surface area (TPSA) is 59.6 Å². The monoisotopic (exact) mass is 330 g/mol. The highest BCUT2D eigenvalue weighted by Gasteiger charge is 2.08. The molecule has 23 heavy (non-hydrogen) atoms. The average Bonchev–Trinajstić information content (AvgIpc) is 2.56. The van der Waals surface area contributed by atoms with Crippen LogP contribution in [-0.4, -0.2) is 24.8 Å². The summed E-state index contributed by atoms with van der Waals surface area (Å²) in [6.45, 7) is 2.49. The molecule has 0 atom stereocenters. The van der Waals surface area contributed by atoms with E-state index in [-0.39, 0.29) is 0 Å². The standard InChI is InChI=1S/C17H18N2O3S/c1-3-22-15-10-5-4-9-14(15)19-17(23)18-13-8-6-7-12(11-13)16(20)21-2/h4-11H,3H2,1-2H3,(H2,18,19,23). The lowest BCUT2D eigenvalue weighted by Gasteiger charge is -2.14. The summed E-state index contributed by atoms with van der Waals surface area (Å²) < 4.78 is 10.2. The Morgan fingerprint density at radius 2 is 1.91 bits per heavy atom. The second kappa shape index (κ2) is 8.14. The number of hydrogen-bond acceptors (Lipinski definition) is 4. The number of ether oxygens (including phenoxy) is 2. The summed E-state index contributed by atoms with van der Waals surface area (Å²) in [7, 11) is 1.35. The number of carbonyl (C=O) groups is 1. The smallest absolute Gasteiger partial charge is 0.337 e. The quantitative estimate of drug-likeness (QED) is 0.644. The van der Waals surface area contributed by atoms with E-state index in [1.807, 2.05) is 37.3 Å². The van der Waals surface area contributed by atoms with Crippen molar-refractivity contribution in [3.8, 4) is 5.75 Å². The summed E-state index contributed by atoms with van der Waals surface area (Å²) in [5.41, 5.74) is 1.92. The zero-order valence-electron chi connectivity index (χ0n) is 13.0. The van der Waals surface area contributed by atoms with Crippen LogP contribution >= 0.6 is 12.2 Å². The van der Waals surface area contributed by atoms with Crippen molar-refractivity contribution < 1.29 is 14.3 Å². The molecule has 0 saturated carbocycles. The first-order valence-corrected chi connectivity index (χ1v) is 7.53. The summed E-state index contributed by atoms with van der Waals surface area (Å²) >= 11 is 5.31. The highest BCUT2D eigenvalue weighted by Crippen LogP contribution is 2.24. The van der Waals surface area contributed by atoms with E-state index in [1.54, 1.807) is 18.2 Å². The average molecular weight is 330 g/mol. The van der Waals surface area contributed by atoms with Crippen LogP contribution in [0.1, 0.15) is 17.3 Å². The number of rotatable bonds is 5. The first kappa shape index (κ1) is 16.8. The highest BCUT2D eigenvalue weighted by molar-refractivity contribution is 7.80. The fourth-order valence-electron chi connectivity index (χ4n) is 1.98. The first-order valence-electron chi connectivity index (χ1n) is 7.12. The van der Waals surface area contributed by atoms with E-state index >= 15 is 0 Å². The van der Waals surface area contributed by atoms with Crippen molar-refractivity contribution in [1.82, 2.24) is 0 Å². The number of anilines is 2. The van der Waals surface area contributed by atoms with Crippen molar-refractivity contribution in [2.24, 2.45) is 0 Å². The maximum atomic E-state index is 11.5. The Kier molecular flexibility index (Phi) is 5.94. The van der Waals surface area contributed by atoms with Crippen LogP contribution in [0, 0.1) is 0 Å². The lowest BCUT2D eigenvalue weighted by atomic mass is 10.2. The van der Waals surface area contributed by atoms with Gasteiger partial charge in [0.1, 0.15) is 5.75 Å². The van der Waals surface area contributed by atoms with Gasteiger partial charge in [0.15, 0.2) is 5.11 Å². The maximum Gasteiger partial charge on any atom is 0.337 e.